The number of hydrogen-bond acceptors (Lipinski definition) is 3. The second kappa shape index (κ2) is 4.41. The summed E-state index contributed by atoms with van der Waals surface area (Å²) in [6.45, 7) is 0. The third-order valence-electron chi connectivity index (χ3n) is 2.37. The number of nitrogens with one attached hydrogen (secondary N) is 1. The first-order chi connectivity index (χ1) is 6.15. The zero-order valence-electron chi connectivity index (χ0n) is 7.58. The van der Waals surface area contributed by atoms with Crippen molar-refractivity contribution in [1.29, 1.82) is 0 Å². The summed E-state index contributed by atoms with van der Waals surface area (Å²) in [5.74, 6) is 0.133. The van der Waals surface area contributed by atoms with E-state index in [1.165, 1.54) is 7.11 Å². The highest BCUT2D eigenvalue weighted by Gasteiger charge is 2.30. The first-order valence-electron chi connectivity index (χ1n) is 4.29. The number of nitrogens with two attached hydrogens (primary N) is 1. The number of thiocarbonyl (C=S) groups is 1. The Morgan fingerprint density at radius 2 is 2.31 bits per heavy atom. The molecule has 1 rings (SSSR count). The van der Waals surface area contributed by atoms with Crippen molar-refractivity contribution in [2.75, 3.05) is 7.11 Å². The summed E-state index contributed by atoms with van der Waals surface area (Å²) in [7, 11) is 1.35. The molecule has 0 bridgehead atoms. The zero-order chi connectivity index (χ0) is 9.84. The highest BCUT2D eigenvalue weighted by Crippen LogP contribution is 2.25. The van der Waals surface area contributed by atoms with E-state index in [0.717, 1.165) is 19.3 Å². The average molecular weight is 202 g/mol. The van der Waals surface area contributed by atoms with Crippen molar-refractivity contribution >= 4 is 23.3 Å². The minimum atomic E-state index is -0.409. The van der Waals surface area contributed by atoms with Gasteiger partial charge in [-0.2, -0.15) is 0 Å². The number of carbonyl (C=O) groups excluding carboxylic acids is 1. The fourth-order valence-electron chi connectivity index (χ4n) is 1.68. The van der Waals surface area contributed by atoms with Crippen LogP contribution in [0.25, 0.3) is 0 Å². The molecule has 2 unspecified atom stereocenters. The lowest BCUT2D eigenvalue weighted by atomic mass is 10.0. The predicted molar refractivity (Wildman–Crippen MR) is 53.5 cm³/mol. The van der Waals surface area contributed by atoms with Crippen molar-refractivity contribution in [2.45, 2.75) is 25.3 Å². The van der Waals surface area contributed by atoms with Gasteiger partial charge in [-0.15, -0.1) is 0 Å². The number of rotatable bonds is 2. The van der Waals surface area contributed by atoms with Gasteiger partial charge in [-0.3, -0.25) is 0 Å². The highest BCUT2D eigenvalue weighted by molar-refractivity contribution is 7.80. The van der Waals surface area contributed by atoms with Crippen LogP contribution in [0.5, 0.6) is 0 Å². The van der Waals surface area contributed by atoms with Crippen molar-refractivity contribution in [3.63, 3.8) is 0 Å². The minimum absolute atomic E-state index is 0.0601. The van der Waals surface area contributed by atoms with Crippen LogP contribution in [0.1, 0.15) is 19.3 Å². The van der Waals surface area contributed by atoms with E-state index in [2.05, 4.69) is 10.1 Å². The molecule has 74 valence electrons. The maximum atomic E-state index is 10.9. The van der Waals surface area contributed by atoms with Gasteiger partial charge in [0.05, 0.1) is 12.1 Å². The first-order valence-corrected chi connectivity index (χ1v) is 4.69. The molecule has 4 nitrogen and oxygen atoms in total. The third kappa shape index (κ3) is 2.55. The Bertz CT molecular complexity index is 220. The zero-order valence-corrected chi connectivity index (χ0v) is 8.39. The van der Waals surface area contributed by atoms with E-state index in [1.807, 2.05) is 0 Å². The summed E-state index contributed by atoms with van der Waals surface area (Å²) in [6.07, 6.45) is 2.53. The number of amides is 1. The Kier molecular flexibility index (Phi) is 3.48. The third-order valence-corrected chi connectivity index (χ3v) is 2.67. The number of ether oxygens (including phenoxy) is 1. The molecule has 0 aromatic carbocycles. The predicted octanol–water partition coefficient (Wildman–Crippen LogP) is 0.797. The minimum Gasteiger partial charge on any atom is -0.453 e. The fraction of sp³-hybridized carbons (Fsp3) is 0.750. The Morgan fingerprint density at radius 3 is 2.85 bits per heavy atom. The second-order valence-corrected chi connectivity index (χ2v) is 3.65. The van der Waals surface area contributed by atoms with E-state index in [-0.39, 0.29) is 12.0 Å². The van der Waals surface area contributed by atoms with Crippen LogP contribution >= 0.6 is 12.2 Å². The maximum absolute atomic E-state index is 10.9. The first kappa shape index (κ1) is 10.2. The normalized spacial score (nSPS) is 26.8. The summed E-state index contributed by atoms with van der Waals surface area (Å²) in [5, 5.41) is 2.73. The van der Waals surface area contributed by atoms with Crippen molar-refractivity contribution in [3.8, 4) is 0 Å². The molecule has 1 aliphatic carbocycles. The van der Waals surface area contributed by atoms with E-state index >= 15 is 0 Å². The molecule has 5 heteroatoms. The topological polar surface area (TPSA) is 64.3 Å². The van der Waals surface area contributed by atoms with Crippen molar-refractivity contribution < 1.29 is 9.53 Å². The molecule has 1 saturated carbocycles. The summed E-state index contributed by atoms with van der Waals surface area (Å²) in [6, 6.07) is 0.0601. The molecule has 0 aromatic rings. The van der Waals surface area contributed by atoms with Crippen molar-refractivity contribution in [3.05, 3.63) is 0 Å². The molecule has 0 spiro atoms. The molecule has 0 aromatic heterocycles. The van der Waals surface area contributed by atoms with Gasteiger partial charge in [0.25, 0.3) is 0 Å². The van der Waals surface area contributed by atoms with Crippen molar-refractivity contribution in [2.24, 2.45) is 11.7 Å². The monoisotopic (exact) mass is 202 g/mol. The maximum Gasteiger partial charge on any atom is 0.407 e. The van der Waals surface area contributed by atoms with E-state index in [9.17, 15) is 4.79 Å². The van der Waals surface area contributed by atoms with Crippen LogP contribution in [-0.2, 0) is 4.74 Å². The van der Waals surface area contributed by atoms with E-state index in [4.69, 9.17) is 18.0 Å². The van der Waals surface area contributed by atoms with Crippen LogP contribution in [0.4, 0.5) is 4.79 Å². The molecule has 3 N–H and O–H groups in total. The van der Waals surface area contributed by atoms with Crippen LogP contribution in [0.15, 0.2) is 0 Å². The molecule has 0 aliphatic heterocycles. The van der Waals surface area contributed by atoms with Gasteiger partial charge in [-0.25, -0.2) is 4.79 Å². The van der Waals surface area contributed by atoms with Gasteiger partial charge < -0.3 is 15.8 Å². The largest absolute Gasteiger partial charge is 0.453 e. The Hall–Kier alpha value is -0.840. The van der Waals surface area contributed by atoms with Crippen LogP contribution in [0, 0.1) is 5.92 Å². The van der Waals surface area contributed by atoms with E-state index in [1.54, 1.807) is 0 Å². The lowest BCUT2D eigenvalue weighted by Gasteiger charge is -2.18. The van der Waals surface area contributed by atoms with Gasteiger partial charge in [-0.05, 0) is 12.8 Å². The van der Waals surface area contributed by atoms with Crippen LogP contribution in [0.3, 0.4) is 0 Å². The van der Waals surface area contributed by atoms with E-state index in [0.29, 0.717) is 4.99 Å². The Labute approximate surface area is 82.8 Å². The molecule has 1 fully saturated rings. The Morgan fingerprint density at radius 1 is 1.62 bits per heavy atom. The van der Waals surface area contributed by atoms with Gasteiger partial charge >= 0.3 is 6.09 Å². The fourth-order valence-corrected chi connectivity index (χ4v) is 1.97. The molecular weight excluding hydrogens is 188 g/mol. The standard InChI is InChI=1S/C8H14N2O2S/c1-12-8(11)10-6-4-2-3-5(6)7(9)13/h5-6H,2-4H2,1H3,(H2,9,13)(H,10,11). The van der Waals surface area contributed by atoms with Crippen molar-refractivity contribution in [1.82, 2.24) is 5.32 Å². The summed E-state index contributed by atoms with van der Waals surface area (Å²) < 4.78 is 4.51. The van der Waals surface area contributed by atoms with Crippen LogP contribution in [0.2, 0.25) is 0 Å². The van der Waals surface area contributed by atoms with Gasteiger partial charge in [0, 0.05) is 12.0 Å². The number of alkyl carbamates (subject to hydrolysis) is 1. The molecule has 13 heavy (non-hydrogen) atoms. The average Bonchev–Trinajstić information content (AvgIpc) is 2.52. The van der Waals surface area contributed by atoms with Crippen LogP contribution < -0.4 is 11.1 Å². The molecule has 0 saturated heterocycles. The second-order valence-electron chi connectivity index (χ2n) is 3.18. The molecule has 0 radical (unpaired) electrons. The van der Waals surface area contributed by atoms with Gasteiger partial charge in [-0.1, -0.05) is 18.6 Å². The molecule has 1 amide bonds. The SMILES string of the molecule is COC(=O)NC1CCCC1C(N)=S. The molecular formula is C8H14N2O2S. The molecule has 2 atom stereocenters. The number of hydrogen-bond donors (Lipinski definition) is 2. The van der Waals surface area contributed by atoms with E-state index < -0.39 is 6.09 Å². The lowest BCUT2D eigenvalue weighted by molar-refractivity contribution is 0.165. The number of methoxy groups -OCH3 is 1. The summed E-state index contributed by atoms with van der Waals surface area (Å²) in [4.78, 5) is 11.4. The highest BCUT2D eigenvalue weighted by atomic mass is 32.1. The summed E-state index contributed by atoms with van der Waals surface area (Å²) >= 11 is 4.91. The quantitative estimate of drug-likeness (QED) is 0.650. The smallest absolute Gasteiger partial charge is 0.407 e. The Balaban J connectivity index is 2.48. The van der Waals surface area contributed by atoms with Gasteiger partial charge in [0.2, 0.25) is 0 Å². The van der Waals surface area contributed by atoms with Gasteiger partial charge in [0.1, 0.15) is 0 Å². The lowest BCUT2D eigenvalue weighted by Crippen LogP contribution is -2.41. The molecule has 1 aliphatic rings. The van der Waals surface area contributed by atoms with Gasteiger partial charge in [0.15, 0.2) is 0 Å². The number of carbonyl (C=O) groups is 1. The molecule has 0 heterocycles. The van der Waals surface area contributed by atoms with Crippen LogP contribution in [-0.4, -0.2) is 24.2 Å². The summed E-state index contributed by atoms with van der Waals surface area (Å²) in [5.41, 5.74) is 5.54.